The van der Waals surface area contributed by atoms with Gasteiger partial charge in [-0.05, 0) is 49.6 Å². The van der Waals surface area contributed by atoms with Crippen molar-refractivity contribution in [1.29, 1.82) is 0 Å². The Hall–Kier alpha value is -4.15. The maximum Gasteiger partial charge on any atom is 0.354 e. The highest BCUT2D eigenvalue weighted by Gasteiger charge is 2.24. The molecule has 33 heavy (non-hydrogen) atoms. The van der Waals surface area contributed by atoms with Gasteiger partial charge in [-0.25, -0.2) is 19.1 Å². The van der Waals surface area contributed by atoms with E-state index in [4.69, 9.17) is 5.11 Å². The van der Waals surface area contributed by atoms with Gasteiger partial charge in [0.15, 0.2) is 0 Å². The molecule has 0 bridgehead atoms. The van der Waals surface area contributed by atoms with Crippen LogP contribution < -0.4 is 0 Å². The second-order valence-electron chi connectivity index (χ2n) is 8.09. The topological polar surface area (TPSA) is 132 Å². The van der Waals surface area contributed by atoms with E-state index in [0.717, 1.165) is 30.3 Å². The van der Waals surface area contributed by atoms with E-state index in [-0.39, 0.29) is 17.6 Å². The van der Waals surface area contributed by atoms with Crippen LogP contribution in [0, 0.1) is 0 Å². The van der Waals surface area contributed by atoms with Crippen molar-refractivity contribution in [2.24, 2.45) is 7.05 Å². The average molecular weight is 446 g/mol. The number of aryl methyl sites for hydroxylation is 1. The number of pyridine rings is 1. The van der Waals surface area contributed by atoms with E-state index in [0.29, 0.717) is 30.0 Å². The average Bonchev–Trinajstić information content (AvgIpc) is 3.39. The standard InChI is InChI=1S/C22H22N8O3/c1-28-20-12-14(7-8-17(20)24-26-28)21(31)29-10-3-4-15(9-11-29)30-13-19(25-27-30)16-5-2-6-18(23-16)22(32)33/h2,5-8,12-13,15H,3-4,9-11H2,1H3,(H,32,33). The molecule has 1 N–H and O–H groups in total. The van der Waals surface area contributed by atoms with Gasteiger partial charge in [0.1, 0.15) is 16.9 Å². The monoisotopic (exact) mass is 446 g/mol. The number of aromatic nitrogens is 7. The molecule has 11 heteroatoms. The fraction of sp³-hybridized carbons (Fsp3) is 0.318. The number of fused-ring (bicyclic) bond motifs is 1. The molecule has 5 rings (SSSR count). The highest BCUT2D eigenvalue weighted by Crippen LogP contribution is 2.25. The molecule has 0 spiro atoms. The summed E-state index contributed by atoms with van der Waals surface area (Å²) in [6.45, 7) is 1.27. The molecule has 3 aromatic heterocycles. The number of nitrogens with zero attached hydrogens (tertiary/aromatic N) is 8. The maximum atomic E-state index is 13.1. The molecule has 1 saturated heterocycles. The molecule has 4 heterocycles. The van der Waals surface area contributed by atoms with Crippen LogP contribution in [0.4, 0.5) is 0 Å². The lowest BCUT2D eigenvalue weighted by Gasteiger charge is -2.20. The number of aromatic carboxylic acids is 1. The number of hydrogen-bond acceptors (Lipinski definition) is 7. The van der Waals surface area contributed by atoms with Crippen molar-refractivity contribution >= 4 is 22.9 Å². The smallest absolute Gasteiger partial charge is 0.354 e. The lowest BCUT2D eigenvalue weighted by atomic mass is 10.1. The van der Waals surface area contributed by atoms with Crippen LogP contribution in [0.1, 0.15) is 46.2 Å². The number of carbonyl (C=O) groups is 2. The Labute approximate surface area is 188 Å². The van der Waals surface area contributed by atoms with E-state index in [9.17, 15) is 9.59 Å². The summed E-state index contributed by atoms with van der Waals surface area (Å²) in [6.07, 6.45) is 4.24. The van der Waals surface area contributed by atoms with Gasteiger partial charge < -0.3 is 10.0 Å². The van der Waals surface area contributed by atoms with Crippen LogP contribution in [-0.4, -0.2) is 69.9 Å². The number of carboxylic acid groups (broad SMARTS) is 1. The van der Waals surface area contributed by atoms with Gasteiger partial charge >= 0.3 is 5.97 Å². The third-order valence-corrected chi connectivity index (χ3v) is 5.96. The van der Waals surface area contributed by atoms with Crippen LogP contribution in [0.2, 0.25) is 0 Å². The number of carboxylic acids is 1. The third kappa shape index (κ3) is 4.04. The van der Waals surface area contributed by atoms with E-state index in [2.05, 4.69) is 25.6 Å². The zero-order valence-corrected chi connectivity index (χ0v) is 18.0. The minimum Gasteiger partial charge on any atom is -0.477 e. The largest absolute Gasteiger partial charge is 0.477 e. The summed E-state index contributed by atoms with van der Waals surface area (Å²) in [6, 6.07) is 10.3. The Bertz CT molecular complexity index is 1340. The molecule has 1 unspecified atom stereocenters. The summed E-state index contributed by atoms with van der Waals surface area (Å²) < 4.78 is 3.46. The maximum absolute atomic E-state index is 13.1. The van der Waals surface area contributed by atoms with E-state index in [1.165, 1.54) is 6.07 Å². The van der Waals surface area contributed by atoms with Gasteiger partial charge in [-0.15, -0.1) is 10.2 Å². The van der Waals surface area contributed by atoms with Crippen molar-refractivity contribution in [2.45, 2.75) is 25.3 Å². The summed E-state index contributed by atoms with van der Waals surface area (Å²) >= 11 is 0. The first-order chi connectivity index (χ1) is 16.0. The van der Waals surface area contributed by atoms with Crippen LogP contribution >= 0.6 is 0 Å². The quantitative estimate of drug-likeness (QED) is 0.505. The number of rotatable bonds is 4. The summed E-state index contributed by atoms with van der Waals surface area (Å²) in [5, 5.41) is 25.7. The van der Waals surface area contributed by atoms with E-state index < -0.39 is 5.97 Å². The summed E-state index contributed by atoms with van der Waals surface area (Å²) in [5.41, 5.74) is 3.16. The minimum atomic E-state index is -1.09. The molecule has 11 nitrogen and oxygen atoms in total. The van der Waals surface area contributed by atoms with E-state index >= 15 is 0 Å². The van der Waals surface area contributed by atoms with Crippen LogP contribution in [0.5, 0.6) is 0 Å². The number of likely N-dealkylation sites (tertiary alicyclic amines) is 1. The zero-order chi connectivity index (χ0) is 22.9. The molecule has 1 aromatic carbocycles. The van der Waals surface area contributed by atoms with Gasteiger partial charge in [0.2, 0.25) is 0 Å². The molecular formula is C22H22N8O3. The summed E-state index contributed by atoms with van der Waals surface area (Å²) in [5.74, 6) is -1.09. The summed E-state index contributed by atoms with van der Waals surface area (Å²) in [4.78, 5) is 30.3. The van der Waals surface area contributed by atoms with Gasteiger partial charge in [-0.2, -0.15) is 0 Å². The Kier molecular flexibility index (Phi) is 5.29. The van der Waals surface area contributed by atoms with Gasteiger partial charge in [0.05, 0.1) is 23.4 Å². The third-order valence-electron chi connectivity index (χ3n) is 5.96. The van der Waals surface area contributed by atoms with Gasteiger partial charge in [-0.1, -0.05) is 16.5 Å². The van der Waals surface area contributed by atoms with Crippen molar-refractivity contribution in [1.82, 2.24) is 39.9 Å². The lowest BCUT2D eigenvalue weighted by Crippen LogP contribution is -2.32. The molecule has 4 aromatic rings. The second-order valence-corrected chi connectivity index (χ2v) is 8.09. The number of carbonyl (C=O) groups excluding carboxylic acids is 1. The Balaban J connectivity index is 1.29. The van der Waals surface area contributed by atoms with Crippen molar-refractivity contribution in [3.8, 4) is 11.4 Å². The van der Waals surface area contributed by atoms with Crippen molar-refractivity contribution in [3.05, 3.63) is 53.9 Å². The molecule has 168 valence electrons. The second kappa shape index (κ2) is 8.41. The normalized spacial score (nSPS) is 16.6. The van der Waals surface area contributed by atoms with Crippen LogP contribution in [0.25, 0.3) is 22.4 Å². The number of hydrogen-bond donors (Lipinski definition) is 1. The van der Waals surface area contributed by atoms with E-state index in [1.807, 2.05) is 17.0 Å². The predicted molar refractivity (Wildman–Crippen MR) is 118 cm³/mol. The lowest BCUT2D eigenvalue weighted by molar-refractivity contribution is 0.0689. The SMILES string of the molecule is Cn1nnc2ccc(C(=O)N3CCCC(n4cc(-c5cccc(C(=O)O)n5)nn4)CC3)cc21. The fourth-order valence-corrected chi connectivity index (χ4v) is 4.16. The molecule has 0 saturated carbocycles. The molecule has 0 aliphatic carbocycles. The molecule has 1 amide bonds. The van der Waals surface area contributed by atoms with Crippen molar-refractivity contribution in [3.63, 3.8) is 0 Å². The fourth-order valence-electron chi connectivity index (χ4n) is 4.16. The molecule has 0 radical (unpaired) electrons. The number of benzene rings is 1. The first-order valence-electron chi connectivity index (χ1n) is 10.7. The van der Waals surface area contributed by atoms with Crippen LogP contribution in [-0.2, 0) is 7.05 Å². The molecule has 1 atom stereocenters. The van der Waals surface area contributed by atoms with Gasteiger partial charge in [-0.3, -0.25) is 4.79 Å². The zero-order valence-electron chi connectivity index (χ0n) is 18.0. The van der Waals surface area contributed by atoms with Crippen LogP contribution in [0.3, 0.4) is 0 Å². The predicted octanol–water partition coefficient (Wildman–Crippen LogP) is 2.19. The highest BCUT2D eigenvalue weighted by molar-refractivity contribution is 5.97. The van der Waals surface area contributed by atoms with Gasteiger partial charge in [0, 0.05) is 25.7 Å². The number of amides is 1. The molecule has 1 fully saturated rings. The first kappa shape index (κ1) is 20.7. The van der Waals surface area contributed by atoms with Gasteiger partial charge in [0.25, 0.3) is 5.91 Å². The van der Waals surface area contributed by atoms with Crippen LogP contribution in [0.15, 0.2) is 42.6 Å². The molecular weight excluding hydrogens is 424 g/mol. The Morgan fingerprint density at radius 1 is 1.03 bits per heavy atom. The minimum absolute atomic E-state index is 0.00675. The first-order valence-corrected chi connectivity index (χ1v) is 10.7. The Morgan fingerprint density at radius 3 is 2.76 bits per heavy atom. The van der Waals surface area contributed by atoms with E-state index in [1.54, 1.807) is 40.8 Å². The van der Waals surface area contributed by atoms with Crippen molar-refractivity contribution in [2.75, 3.05) is 13.1 Å². The summed E-state index contributed by atoms with van der Waals surface area (Å²) in [7, 11) is 1.81. The molecule has 1 aliphatic heterocycles. The molecule has 1 aliphatic rings. The van der Waals surface area contributed by atoms with Crippen molar-refractivity contribution < 1.29 is 14.7 Å². The Morgan fingerprint density at radius 2 is 1.91 bits per heavy atom. The highest BCUT2D eigenvalue weighted by atomic mass is 16.4.